The Labute approximate surface area is 113 Å². The molecule has 0 saturated carbocycles. The smallest absolute Gasteiger partial charge is 0.312 e. The van der Waals surface area contributed by atoms with Crippen LogP contribution in [0.5, 0.6) is 0 Å². The zero-order chi connectivity index (χ0) is 14.2. The van der Waals surface area contributed by atoms with Gasteiger partial charge in [0.15, 0.2) is 0 Å². The van der Waals surface area contributed by atoms with Crippen molar-refractivity contribution in [3.05, 3.63) is 0 Å². The second-order valence-electron chi connectivity index (χ2n) is 5.50. The van der Waals surface area contributed by atoms with Gasteiger partial charge in [-0.05, 0) is 38.8 Å². The van der Waals surface area contributed by atoms with Gasteiger partial charge in [-0.25, -0.2) is 0 Å². The maximum Gasteiger partial charge on any atom is 0.312 e. The fraction of sp³-hybridized carbons (Fsp3) is 0.933. The van der Waals surface area contributed by atoms with Crippen molar-refractivity contribution in [1.29, 1.82) is 0 Å². The van der Waals surface area contributed by atoms with Crippen LogP contribution in [0.15, 0.2) is 0 Å². The predicted molar refractivity (Wildman–Crippen MR) is 76.6 cm³/mol. The van der Waals surface area contributed by atoms with E-state index in [2.05, 4.69) is 39.5 Å². The third-order valence-electron chi connectivity index (χ3n) is 4.10. The highest BCUT2D eigenvalue weighted by Crippen LogP contribution is 2.32. The minimum Gasteiger partial charge on any atom is -0.464 e. The Hall–Kier alpha value is -0.570. The van der Waals surface area contributed by atoms with Gasteiger partial charge in [0, 0.05) is 6.54 Å². The quantitative estimate of drug-likeness (QED) is 0.593. The molecule has 0 spiro atoms. The van der Waals surface area contributed by atoms with Crippen molar-refractivity contribution in [3.8, 4) is 0 Å². The maximum atomic E-state index is 12.1. The number of rotatable bonds is 9. The standard InChI is InChI=1S/C15H31NO2/c1-7-10-16(9-3)11-12-18-14(17)15(6,8-2)13(4)5/h13H,7-12H2,1-6H3. The molecule has 0 amide bonds. The molecule has 1 atom stereocenters. The van der Waals surface area contributed by atoms with Gasteiger partial charge in [-0.3, -0.25) is 4.79 Å². The first-order valence-corrected chi connectivity index (χ1v) is 7.31. The van der Waals surface area contributed by atoms with E-state index in [9.17, 15) is 4.79 Å². The van der Waals surface area contributed by atoms with Crippen LogP contribution in [0.3, 0.4) is 0 Å². The van der Waals surface area contributed by atoms with Gasteiger partial charge < -0.3 is 9.64 Å². The molecular formula is C15H31NO2. The molecule has 0 aliphatic rings. The number of likely N-dealkylation sites (N-methyl/N-ethyl adjacent to an activating group) is 1. The summed E-state index contributed by atoms with van der Waals surface area (Å²) in [6.07, 6.45) is 1.97. The van der Waals surface area contributed by atoms with Gasteiger partial charge in [-0.1, -0.05) is 34.6 Å². The highest BCUT2D eigenvalue weighted by atomic mass is 16.5. The van der Waals surface area contributed by atoms with E-state index in [4.69, 9.17) is 4.74 Å². The summed E-state index contributed by atoms with van der Waals surface area (Å²) in [7, 11) is 0. The molecule has 0 radical (unpaired) electrons. The van der Waals surface area contributed by atoms with E-state index in [0.717, 1.165) is 32.5 Å². The number of nitrogens with zero attached hydrogens (tertiary/aromatic N) is 1. The highest BCUT2D eigenvalue weighted by molar-refractivity contribution is 5.76. The number of carbonyl (C=O) groups excluding carboxylic acids is 1. The summed E-state index contributed by atoms with van der Waals surface area (Å²) in [6.45, 7) is 16.0. The molecule has 3 heteroatoms. The van der Waals surface area contributed by atoms with Gasteiger partial charge in [0.25, 0.3) is 0 Å². The third kappa shape index (κ3) is 4.97. The minimum absolute atomic E-state index is 0.0486. The molecule has 0 aliphatic carbocycles. The monoisotopic (exact) mass is 257 g/mol. The predicted octanol–water partition coefficient (Wildman–Crippen LogP) is 3.33. The lowest BCUT2D eigenvalue weighted by atomic mass is 9.77. The molecule has 3 nitrogen and oxygen atoms in total. The van der Waals surface area contributed by atoms with Crippen molar-refractivity contribution in [2.75, 3.05) is 26.2 Å². The van der Waals surface area contributed by atoms with Crippen LogP contribution in [-0.2, 0) is 9.53 Å². The average Bonchev–Trinajstić information content (AvgIpc) is 2.36. The van der Waals surface area contributed by atoms with E-state index in [-0.39, 0.29) is 11.4 Å². The first kappa shape index (κ1) is 17.4. The minimum atomic E-state index is -0.345. The van der Waals surface area contributed by atoms with Crippen LogP contribution >= 0.6 is 0 Å². The zero-order valence-corrected chi connectivity index (χ0v) is 13.1. The number of hydrogen-bond acceptors (Lipinski definition) is 3. The van der Waals surface area contributed by atoms with Crippen LogP contribution in [0.1, 0.15) is 54.4 Å². The largest absolute Gasteiger partial charge is 0.464 e. The Morgan fingerprint density at radius 3 is 2.22 bits per heavy atom. The van der Waals surface area contributed by atoms with Crippen LogP contribution in [0, 0.1) is 11.3 Å². The Kier molecular flexibility index (Phi) is 8.25. The fourth-order valence-electron chi connectivity index (χ4n) is 1.96. The molecule has 1 unspecified atom stereocenters. The van der Waals surface area contributed by atoms with Crippen molar-refractivity contribution < 1.29 is 9.53 Å². The fourth-order valence-corrected chi connectivity index (χ4v) is 1.96. The lowest BCUT2D eigenvalue weighted by Crippen LogP contribution is -2.36. The van der Waals surface area contributed by atoms with Crippen molar-refractivity contribution in [2.45, 2.75) is 54.4 Å². The van der Waals surface area contributed by atoms with E-state index >= 15 is 0 Å². The van der Waals surface area contributed by atoms with Crippen molar-refractivity contribution in [2.24, 2.45) is 11.3 Å². The van der Waals surface area contributed by atoms with Gasteiger partial charge in [0.2, 0.25) is 0 Å². The first-order chi connectivity index (χ1) is 8.42. The second kappa shape index (κ2) is 8.52. The maximum absolute atomic E-state index is 12.1. The van der Waals surface area contributed by atoms with E-state index in [1.54, 1.807) is 0 Å². The highest BCUT2D eigenvalue weighted by Gasteiger charge is 2.36. The molecule has 0 heterocycles. The average molecular weight is 257 g/mol. The lowest BCUT2D eigenvalue weighted by molar-refractivity contribution is -0.158. The summed E-state index contributed by atoms with van der Waals surface area (Å²) < 4.78 is 5.46. The molecule has 0 aromatic carbocycles. The summed E-state index contributed by atoms with van der Waals surface area (Å²) in [5, 5.41) is 0. The Morgan fingerprint density at radius 2 is 1.83 bits per heavy atom. The molecule has 0 saturated heterocycles. The van der Waals surface area contributed by atoms with Crippen molar-refractivity contribution >= 4 is 5.97 Å². The van der Waals surface area contributed by atoms with Gasteiger partial charge in [0.1, 0.15) is 6.61 Å². The molecular weight excluding hydrogens is 226 g/mol. The van der Waals surface area contributed by atoms with Crippen molar-refractivity contribution in [1.82, 2.24) is 4.90 Å². The molecule has 18 heavy (non-hydrogen) atoms. The van der Waals surface area contributed by atoms with E-state index < -0.39 is 0 Å². The lowest BCUT2D eigenvalue weighted by Gasteiger charge is -2.30. The first-order valence-electron chi connectivity index (χ1n) is 7.31. The summed E-state index contributed by atoms with van der Waals surface area (Å²) >= 11 is 0. The molecule has 108 valence electrons. The van der Waals surface area contributed by atoms with Gasteiger partial charge in [0.05, 0.1) is 5.41 Å². The molecule has 0 N–H and O–H groups in total. The third-order valence-corrected chi connectivity index (χ3v) is 4.10. The zero-order valence-electron chi connectivity index (χ0n) is 13.1. The Bertz CT molecular complexity index is 241. The Balaban J connectivity index is 4.17. The molecule has 0 aromatic rings. The molecule has 0 rings (SSSR count). The van der Waals surface area contributed by atoms with E-state index in [1.165, 1.54) is 0 Å². The van der Waals surface area contributed by atoms with Crippen LogP contribution < -0.4 is 0 Å². The van der Waals surface area contributed by atoms with Crippen LogP contribution in [-0.4, -0.2) is 37.1 Å². The number of hydrogen-bond donors (Lipinski definition) is 0. The molecule has 0 bridgehead atoms. The van der Waals surface area contributed by atoms with Gasteiger partial charge >= 0.3 is 5.97 Å². The summed E-state index contributed by atoms with van der Waals surface area (Å²) in [5.74, 6) is 0.264. The van der Waals surface area contributed by atoms with E-state index in [0.29, 0.717) is 12.5 Å². The van der Waals surface area contributed by atoms with Crippen LogP contribution in [0.4, 0.5) is 0 Å². The number of carbonyl (C=O) groups is 1. The summed E-state index contributed by atoms with van der Waals surface area (Å²) in [5.41, 5.74) is -0.345. The summed E-state index contributed by atoms with van der Waals surface area (Å²) in [6, 6.07) is 0. The van der Waals surface area contributed by atoms with Gasteiger partial charge in [-0.15, -0.1) is 0 Å². The normalized spacial score (nSPS) is 14.9. The molecule has 0 aliphatic heterocycles. The number of esters is 1. The Morgan fingerprint density at radius 1 is 1.22 bits per heavy atom. The van der Waals surface area contributed by atoms with Crippen molar-refractivity contribution in [3.63, 3.8) is 0 Å². The van der Waals surface area contributed by atoms with E-state index in [1.807, 2.05) is 6.92 Å². The van der Waals surface area contributed by atoms with Crippen LogP contribution in [0.25, 0.3) is 0 Å². The topological polar surface area (TPSA) is 29.5 Å². The van der Waals surface area contributed by atoms with Gasteiger partial charge in [-0.2, -0.15) is 0 Å². The molecule has 0 fully saturated rings. The number of ether oxygens (including phenoxy) is 1. The second-order valence-corrected chi connectivity index (χ2v) is 5.50. The molecule has 0 aromatic heterocycles. The SMILES string of the molecule is CCCN(CC)CCOC(=O)C(C)(CC)C(C)C. The van der Waals surface area contributed by atoms with Crippen LogP contribution in [0.2, 0.25) is 0 Å². The summed E-state index contributed by atoms with van der Waals surface area (Å²) in [4.78, 5) is 14.4.